The van der Waals surface area contributed by atoms with Crippen LogP contribution in [0.15, 0.2) is 58.6 Å². The van der Waals surface area contributed by atoms with Crippen molar-refractivity contribution in [3.05, 3.63) is 65.9 Å². The molecule has 3 rings (SSSR count). The Balaban J connectivity index is 1.46. The lowest BCUT2D eigenvalue weighted by Gasteiger charge is -2.07. The molecule has 2 aromatic heterocycles. The van der Waals surface area contributed by atoms with Crippen LogP contribution in [0.1, 0.15) is 21.7 Å². The van der Waals surface area contributed by atoms with Crippen molar-refractivity contribution < 1.29 is 18.7 Å². The predicted octanol–water partition coefficient (Wildman–Crippen LogP) is 2.11. The molecule has 27 heavy (non-hydrogen) atoms. The third-order valence-corrected chi connectivity index (χ3v) is 4.66. The van der Waals surface area contributed by atoms with Gasteiger partial charge in [0, 0.05) is 6.54 Å². The van der Waals surface area contributed by atoms with Crippen LogP contribution in [0.4, 0.5) is 0 Å². The van der Waals surface area contributed by atoms with Crippen LogP contribution in [0.25, 0.3) is 0 Å². The van der Waals surface area contributed by atoms with Crippen molar-refractivity contribution in [2.45, 2.75) is 18.2 Å². The molecule has 0 atom stereocenters. The first kappa shape index (κ1) is 18.7. The van der Waals surface area contributed by atoms with Gasteiger partial charge in [-0.2, -0.15) is 0 Å². The van der Waals surface area contributed by atoms with Crippen LogP contribution in [0.3, 0.4) is 0 Å². The Labute approximate surface area is 159 Å². The molecular formula is C18H18N4O4S. The number of furan rings is 1. The molecule has 1 aromatic carbocycles. The number of aromatic nitrogens is 3. The van der Waals surface area contributed by atoms with Crippen molar-refractivity contribution in [1.29, 1.82) is 0 Å². The molecule has 140 valence electrons. The molecule has 0 saturated heterocycles. The van der Waals surface area contributed by atoms with Crippen molar-refractivity contribution in [2.75, 3.05) is 12.9 Å². The van der Waals surface area contributed by atoms with Crippen LogP contribution >= 0.6 is 11.8 Å². The molecule has 0 aliphatic carbocycles. The first-order chi connectivity index (χ1) is 13.2. The summed E-state index contributed by atoms with van der Waals surface area (Å²) in [4.78, 5) is 23.5. The van der Waals surface area contributed by atoms with Crippen LogP contribution in [-0.2, 0) is 22.6 Å². The fourth-order valence-electron chi connectivity index (χ4n) is 2.29. The summed E-state index contributed by atoms with van der Waals surface area (Å²) in [6.07, 6.45) is 3.21. The number of benzene rings is 1. The normalized spacial score (nSPS) is 10.6. The number of rotatable bonds is 8. The maximum Gasteiger partial charge on any atom is 0.337 e. The zero-order valence-corrected chi connectivity index (χ0v) is 15.4. The lowest BCUT2D eigenvalue weighted by Crippen LogP contribution is -2.24. The van der Waals surface area contributed by atoms with Crippen molar-refractivity contribution in [1.82, 2.24) is 20.1 Å². The summed E-state index contributed by atoms with van der Waals surface area (Å²) in [5.74, 6) is 0.499. The summed E-state index contributed by atoms with van der Waals surface area (Å²) < 4.78 is 11.8. The maximum atomic E-state index is 12.1. The Morgan fingerprint density at radius 1 is 1.26 bits per heavy atom. The molecule has 3 aromatic rings. The standard InChI is InChI=1S/C18H18N4O4S/c1-25-17(24)14-6-4-13(5-7-14)9-19-16(23)11-27-18-21-20-12-22(18)10-15-3-2-8-26-15/h2-8,12H,9-11H2,1H3,(H,19,23). The molecule has 0 aliphatic heterocycles. The number of ether oxygens (including phenoxy) is 1. The third-order valence-electron chi connectivity index (χ3n) is 3.68. The zero-order valence-electron chi connectivity index (χ0n) is 14.6. The van der Waals surface area contributed by atoms with Crippen molar-refractivity contribution in [3.63, 3.8) is 0 Å². The van der Waals surface area contributed by atoms with E-state index in [0.29, 0.717) is 23.8 Å². The van der Waals surface area contributed by atoms with Gasteiger partial charge in [-0.15, -0.1) is 10.2 Å². The van der Waals surface area contributed by atoms with E-state index in [1.807, 2.05) is 16.7 Å². The summed E-state index contributed by atoms with van der Waals surface area (Å²) >= 11 is 1.30. The molecule has 2 heterocycles. The smallest absolute Gasteiger partial charge is 0.337 e. The SMILES string of the molecule is COC(=O)c1ccc(CNC(=O)CSc2nncn2Cc2ccco2)cc1. The van der Waals surface area contributed by atoms with Crippen molar-refractivity contribution in [2.24, 2.45) is 0 Å². The van der Waals surface area contributed by atoms with E-state index in [4.69, 9.17) is 4.42 Å². The zero-order chi connectivity index (χ0) is 19.1. The minimum Gasteiger partial charge on any atom is -0.467 e. The average Bonchev–Trinajstić information content (AvgIpc) is 3.37. The minimum atomic E-state index is -0.388. The number of thioether (sulfide) groups is 1. The second-order valence-electron chi connectivity index (χ2n) is 5.57. The average molecular weight is 386 g/mol. The monoisotopic (exact) mass is 386 g/mol. The number of nitrogens with zero attached hydrogens (tertiary/aromatic N) is 3. The number of esters is 1. The minimum absolute atomic E-state index is 0.121. The number of amides is 1. The van der Waals surface area contributed by atoms with Crippen LogP contribution in [0.2, 0.25) is 0 Å². The summed E-state index contributed by atoms with van der Waals surface area (Å²) in [5.41, 5.74) is 1.36. The fourth-order valence-corrected chi connectivity index (χ4v) is 3.04. The first-order valence-electron chi connectivity index (χ1n) is 8.12. The highest BCUT2D eigenvalue weighted by molar-refractivity contribution is 7.99. The van der Waals surface area contributed by atoms with Gasteiger partial charge >= 0.3 is 5.97 Å². The number of nitrogens with one attached hydrogen (secondary N) is 1. The highest BCUT2D eigenvalue weighted by atomic mass is 32.2. The third kappa shape index (κ3) is 5.20. The molecule has 1 N–H and O–H groups in total. The van der Waals surface area contributed by atoms with Crippen LogP contribution < -0.4 is 5.32 Å². The lowest BCUT2D eigenvalue weighted by molar-refractivity contribution is -0.118. The van der Waals surface area contributed by atoms with E-state index in [0.717, 1.165) is 11.3 Å². The number of hydrogen-bond acceptors (Lipinski definition) is 7. The number of hydrogen-bond donors (Lipinski definition) is 1. The molecule has 0 saturated carbocycles. The van der Waals surface area contributed by atoms with Crippen molar-refractivity contribution in [3.8, 4) is 0 Å². The Kier molecular flexibility index (Phi) is 6.26. The van der Waals surface area contributed by atoms with E-state index in [1.54, 1.807) is 36.9 Å². The molecule has 0 spiro atoms. The Morgan fingerprint density at radius 2 is 2.07 bits per heavy atom. The van der Waals surface area contributed by atoms with Crippen molar-refractivity contribution >= 4 is 23.6 Å². The van der Waals surface area contributed by atoms with E-state index in [2.05, 4.69) is 20.3 Å². The molecule has 9 heteroatoms. The molecule has 8 nitrogen and oxygen atoms in total. The predicted molar refractivity (Wildman–Crippen MR) is 98.2 cm³/mol. The van der Waals surface area contributed by atoms with Gasteiger partial charge in [-0.1, -0.05) is 23.9 Å². The second kappa shape index (κ2) is 9.04. The molecular weight excluding hydrogens is 368 g/mol. The Hall–Kier alpha value is -3.07. The molecule has 0 unspecified atom stereocenters. The highest BCUT2D eigenvalue weighted by Gasteiger charge is 2.10. The maximum absolute atomic E-state index is 12.1. The molecule has 0 radical (unpaired) electrons. The van der Waals surface area contributed by atoms with Gasteiger partial charge in [-0.3, -0.25) is 4.79 Å². The molecule has 0 bridgehead atoms. The summed E-state index contributed by atoms with van der Waals surface area (Å²) in [5, 5.41) is 11.4. The number of carbonyl (C=O) groups is 2. The molecule has 1 amide bonds. The highest BCUT2D eigenvalue weighted by Crippen LogP contribution is 2.16. The van der Waals surface area contributed by atoms with Crippen LogP contribution in [-0.4, -0.2) is 39.5 Å². The lowest BCUT2D eigenvalue weighted by atomic mass is 10.1. The fraction of sp³-hybridized carbons (Fsp3) is 0.222. The van der Waals surface area contributed by atoms with Gasteiger partial charge in [0.05, 0.1) is 31.2 Å². The van der Waals surface area contributed by atoms with Gasteiger partial charge in [-0.25, -0.2) is 4.79 Å². The Morgan fingerprint density at radius 3 is 2.78 bits per heavy atom. The molecule has 0 fully saturated rings. The van der Waals surface area contributed by atoms with E-state index < -0.39 is 0 Å². The van der Waals surface area contributed by atoms with E-state index in [9.17, 15) is 9.59 Å². The van der Waals surface area contributed by atoms with Gasteiger partial charge in [0.1, 0.15) is 12.1 Å². The van der Waals surface area contributed by atoms with Gasteiger partial charge in [0.2, 0.25) is 5.91 Å². The summed E-state index contributed by atoms with van der Waals surface area (Å²) in [6, 6.07) is 10.6. The summed E-state index contributed by atoms with van der Waals surface area (Å²) in [6.45, 7) is 0.885. The Bertz CT molecular complexity index is 890. The summed E-state index contributed by atoms with van der Waals surface area (Å²) in [7, 11) is 1.34. The van der Waals surface area contributed by atoms with Crippen LogP contribution in [0.5, 0.6) is 0 Å². The van der Waals surface area contributed by atoms with E-state index in [1.165, 1.54) is 18.9 Å². The van der Waals surface area contributed by atoms with Gasteiger partial charge in [0.25, 0.3) is 0 Å². The number of carbonyl (C=O) groups excluding carboxylic acids is 2. The van der Waals surface area contributed by atoms with E-state index >= 15 is 0 Å². The van der Waals surface area contributed by atoms with Gasteiger partial charge < -0.3 is 19.0 Å². The van der Waals surface area contributed by atoms with Crippen LogP contribution in [0, 0.1) is 0 Å². The topological polar surface area (TPSA) is 99.2 Å². The number of methoxy groups -OCH3 is 1. The van der Waals surface area contributed by atoms with E-state index in [-0.39, 0.29) is 17.6 Å². The molecule has 0 aliphatic rings. The largest absolute Gasteiger partial charge is 0.467 e. The first-order valence-corrected chi connectivity index (χ1v) is 9.11. The second-order valence-corrected chi connectivity index (χ2v) is 6.52. The van der Waals surface area contributed by atoms with Gasteiger partial charge in [0.15, 0.2) is 5.16 Å². The van der Waals surface area contributed by atoms with Gasteiger partial charge in [-0.05, 0) is 29.8 Å². The quantitative estimate of drug-likeness (QED) is 0.467.